The molecule has 4 rings (SSSR count). The maximum Gasteiger partial charge on any atom is 0.240 e. The van der Waals surface area contributed by atoms with Crippen molar-refractivity contribution in [3.63, 3.8) is 0 Å². The number of thioether (sulfide) groups is 1. The summed E-state index contributed by atoms with van der Waals surface area (Å²) < 4.78 is 7.85. The molecule has 1 unspecified atom stereocenters. The van der Waals surface area contributed by atoms with Crippen molar-refractivity contribution in [2.75, 3.05) is 6.26 Å². The molecule has 2 aromatic heterocycles. The molecule has 0 aliphatic carbocycles. The zero-order valence-electron chi connectivity index (χ0n) is 15.3. The molecule has 5 nitrogen and oxygen atoms in total. The van der Waals surface area contributed by atoms with Crippen LogP contribution in [0.15, 0.2) is 59.0 Å². The molecule has 1 atom stereocenters. The monoisotopic (exact) mass is 379 g/mol. The van der Waals surface area contributed by atoms with Gasteiger partial charge in [-0.2, -0.15) is 11.8 Å². The average molecular weight is 379 g/mol. The third kappa shape index (κ3) is 3.57. The van der Waals surface area contributed by atoms with Crippen molar-refractivity contribution in [3.8, 4) is 0 Å². The van der Waals surface area contributed by atoms with Crippen LogP contribution in [0.3, 0.4) is 0 Å². The van der Waals surface area contributed by atoms with E-state index in [1.54, 1.807) is 11.8 Å². The van der Waals surface area contributed by atoms with Crippen molar-refractivity contribution < 1.29 is 9.21 Å². The number of imidazole rings is 1. The van der Waals surface area contributed by atoms with E-state index in [-0.39, 0.29) is 18.5 Å². The number of carbonyl (C=O) groups is 1. The maximum atomic E-state index is 12.7. The third-order valence-electron chi connectivity index (χ3n) is 4.56. The highest BCUT2D eigenvalue weighted by Crippen LogP contribution is 2.24. The second kappa shape index (κ2) is 7.48. The Balaban J connectivity index is 1.53. The lowest BCUT2D eigenvalue weighted by atomic mass is 10.2. The van der Waals surface area contributed by atoms with Gasteiger partial charge in [0.1, 0.15) is 23.7 Å². The van der Waals surface area contributed by atoms with Gasteiger partial charge in [-0.3, -0.25) is 4.79 Å². The van der Waals surface area contributed by atoms with E-state index in [0.29, 0.717) is 0 Å². The fraction of sp³-hybridized carbons (Fsp3) is 0.238. The summed E-state index contributed by atoms with van der Waals surface area (Å²) in [4.78, 5) is 17.4. The summed E-state index contributed by atoms with van der Waals surface area (Å²) in [6.07, 6.45) is 2.04. The summed E-state index contributed by atoms with van der Waals surface area (Å²) in [5.41, 5.74) is 2.73. The molecule has 0 saturated carbocycles. The van der Waals surface area contributed by atoms with E-state index in [2.05, 4.69) is 10.3 Å². The van der Waals surface area contributed by atoms with Crippen molar-refractivity contribution >= 4 is 39.7 Å². The van der Waals surface area contributed by atoms with Crippen LogP contribution < -0.4 is 5.32 Å². The molecule has 0 aliphatic rings. The topological polar surface area (TPSA) is 60.1 Å². The Bertz CT molecular complexity index is 1070. The lowest BCUT2D eigenvalue weighted by Crippen LogP contribution is -2.30. The molecule has 0 radical (unpaired) electrons. The summed E-state index contributed by atoms with van der Waals surface area (Å²) in [5, 5.41) is 4.08. The molecular weight excluding hydrogens is 358 g/mol. The minimum Gasteiger partial charge on any atom is -0.459 e. The normalized spacial score (nSPS) is 12.5. The summed E-state index contributed by atoms with van der Waals surface area (Å²) >= 11 is 1.69. The Morgan fingerprint density at radius 2 is 2.00 bits per heavy atom. The Morgan fingerprint density at radius 1 is 1.22 bits per heavy atom. The van der Waals surface area contributed by atoms with Crippen LogP contribution in [0, 0.1) is 0 Å². The molecule has 0 aliphatic heterocycles. The lowest BCUT2D eigenvalue weighted by Gasteiger charge is -2.13. The zero-order valence-corrected chi connectivity index (χ0v) is 16.1. The Kier molecular flexibility index (Phi) is 4.90. The molecule has 1 N–H and O–H groups in total. The summed E-state index contributed by atoms with van der Waals surface area (Å²) in [6.45, 7) is 2.17. The molecule has 0 bridgehead atoms. The summed E-state index contributed by atoms with van der Waals surface area (Å²) in [5.74, 6) is 2.37. The molecule has 0 fully saturated rings. The number of nitrogens with one attached hydrogen (secondary N) is 1. The van der Waals surface area contributed by atoms with Gasteiger partial charge in [0.2, 0.25) is 5.91 Å². The number of carbonyl (C=O) groups excluding carboxylic acids is 1. The van der Waals surface area contributed by atoms with Crippen LogP contribution in [0.5, 0.6) is 0 Å². The molecule has 138 valence electrons. The van der Waals surface area contributed by atoms with Gasteiger partial charge in [-0.15, -0.1) is 0 Å². The Hall–Kier alpha value is -2.73. The summed E-state index contributed by atoms with van der Waals surface area (Å²) in [7, 11) is 0. The van der Waals surface area contributed by atoms with Gasteiger partial charge in [0.05, 0.1) is 22.8 Å². The van der Waals surface area contributed by atoms with Gasteiger partial charge in [-0.05, 0) is 37.4 Å². The molecule has 2 aromatic carbocycles. The lowest BCUT2D eigenvalue weighted by molar-refractivity contribution is -0.122. The second-order valence-electron chi connectivity index (χ2n) is 6.51. The van der Waals surface area contributed by atoms with Crippen LogP contribution in [-0.4, -0.2) is 21.7 Å². The van der Waals surface area contributed by atoms with E-state index < -0.39 is 0 Å². The molecule has 27 heavy (non-hydrogen) atoms. The fourth-order valence-electron chi connectivity index (χ4n) is 3.26. The van der Waals surface area contributed by atoms with E-state index >= 15 is 0 Å². The number of benzene rings is 2. The Labute approximate surface area is 161 Å². The predicted molar refractivity (Wildman–Crippen MR) is 110 cm³/mol. The fourth-order valence-corrected chi connectivity index (χ4v) is 3.74. The average Bonchev–Trinajstić information content (AvgIpc) is 3.24. The quantitative estimate of drug-likeness (QED) is 0.535. The first-order chi connectivity index (χ1) is 13.2. The van der Waals surface area contributed by atoms with E-state index in [9.17, 15) is 4.79 Å². The second-order valence-corrected chi connectivity index (χ2v) is 7.38. The van der Waals surface area contributed by atoms with Crippen LogP contribution in [0.25, 0.3) is 22.0 Å². The smallest absolute Gasteiger partial charge is 0.240 e. The summed E-state index contributed by atoms with van der Waals surface area (Å²) in [6, 6.07) is 17.5. The number of hydrogen-bond donors (Lipinski definition) is 1. The number of rotatable bonds is 6. The van der Waals surface area contributed by atoms with Gasteiger partial charge in [0.15, 0.2) is 0 Å². The van der Waals surface area contributed by atoms with Gasteiger partial charge in [0.25, 0.3) is 0 Å². The van der Waals surface area contributed by atoms with E-state index in [1.807, 2.05) is 72.3 Å². The van der Waals surface area contributed by atoms with Gasteiger partial charge < -0.3 is 14.3 Å². The largest absolute Gasteiger partial charge is 0.459 e. The van der Waals surface area contributed by atoms with Gasteiger partial charge in [-0.1, -0.05) is 30.3 Å². The number of aromatic nitrogens is 2. The van der Waals surface area contributed by atoms with Crippen molar-refractivity contribution in [2.45, 2.75) is 25.3 Å². The maximum absolute atomic E-state index is 12.7. The first-order valence-electron chi connectivity index (χ1n) is 8.86. The van der Waals surface area contributed by atoms with Crippen LogP contribution in [0.4, 0.5) is 0 Å². The van der Waals surface area contributed by atoms with Gasteiger partial charge >= 0.3 is 0 Å². The molecule has 1 amide bonds. The highest BCUT2D eigenvalue weighted by atomic mass is 32.2. The Morgan fingerprint density at radius 3 is 2.81 bits per heavy atom. The first-order valence-corrected chi connectivity index (χ1v) is 10.3. The first kappa shape index (κ1) is 17.7. The molecule has 4 aromatic rings. The van der Waals surface area contributed by atoms with Crippen molar-refractivity contribution in [3.05, 3.63) is 66.2 Å². The highest BCUT2D eigenvalue weighted by molar-refractivity contribution is 7.97. The molecule has 0 spiro atoms. The number of furan rings is 1. The molecule has 6 heteroatoms. The van der Waals surface area contributed by atoms with Crippen molar-refractivity contribution in [2.24, 2.45) is 0 Å². The minimum absolute atomic E-state index is 0.0616. The van der Waals surface area contributed by atoms with E-state index in [4.69, 9.17) is 4.42 Å². The zero-order chi connectivity index (χ0) is 18.8. The minimum atomic E-state index is -0.205. The van der Waals surface area contributed by atoms with E-state index in [1.165, 1.54) is 0 Å². The highest BCUT2D eigenvalue weighted by Gasteiger charge is 2.17. The number of para-hydroxylation sites is 3. The molecular formula is C21H21N3O2S. The van der Waals surface area contributed by atoms with Crippen molar-refractivity contribution in [1.82, 2.24) is 14.9 Å². The van der Waals surface area contributed by atoms with Gasteiger partial charge in [0, 0.05) is 5.39 Å². The standard InChI is InChI=1S/C21H21N3O2S/c1-14(19-11-15-7-3-6-10-18(15)26-19)22-21(25)12-24-17-9-5-4-8-16(17)23-20(24)13-27-2/h3-11,14H,12-13H2,1-2H3,(H,22,25). The molecule has 0 saturated heterocycles. The van der Waals surface area contributed by atoms with Crippen molar-refractivity contribution in [1.29, 1.82) is 0 Å². The number of amides is 1. The van der Waals surface area contributed by atoms with Crippen LogP contribution in [0.1, 0.15) is 24.6 Å². The van der Waals surface area contributed by atoms with Crippen LogP contribution in [0.2, 0.25) is 0 Å². The van der Waals surface area contributed by atoms with E-state index in [0.717, 1.165) is 39.3 Å². The van der Waals surface area contributed by atoms with Crippen LogP contribution in [-0.2, 0) is 17.1 Å². The van der Waals surface area contributed by atoms with Crippen LogP contribution >= 0.6 is 11.8 Å². The molecule has 2 heterocycles. The van der Waals surface area contributed by atoms with Gasteiger partial charge in [-0.25, -0.2) is 4.98 Å². The number of fused-ring (bicyclic) bond motifs is 2. The SMILES string of the molecule is CSCc1nc2ccccc2n1CC(=O)NC(C)c1cc2ccccc2o1. The third-order valence-corrected chi connectivity index (χ3v) is 5.10. The number of nitrogens with zero attached hydrogens (tertiary/aromatic N) is 2. The predicted octanol–water partition coefficient (Wildman–Crippen LogP) is 4.52. The number of hydrogen-bond acceptors (Lipinski definition) is 4.